The van der Waals surface area contributed by atoms with Crippen LogP contribution in [-0.4, -0.2) is 53.1 Å². The molecule has 1 aliphatic carbocycles. The van der Waals surface area contributed by atoms with E-state index >= 15 is 0 Å². The van der Waals surface area contributed by atoms with Crippen LogP contribution in [0.4, 0.5) is 0 Å². The van der Waals surface area contributed by atoms with Gasteiger partial charge in [-0.15, -0.1) is 0 Å². The molecule has 1 heterocycles. The number of ether oxygens (including phenoxy) is 1. The number of esters is 1. The highest BCUT2D eigenvalue weighted by atomic mass is 16.5. The van der Waals surface area contributed by atoms with Crippen LogP contribution in [0.2, 0.25) is 0 Å². The zero-order valence-electron chi connectivity index (χ0n) is 29.6. The number of Topliss-reactive ketones (excluding diaryl/α,β-unsaturated/α-hetero) is 1. The second-order valence-corrected chi connectivity index (χ2v) is 15.5. The summed E-state index contributed by atoms with van der Waals surface area (Å²) in [5, 5.41) is 2.96. The first kappa shape index (κ1) is 38.9. The Morgan fingerprint density at radius 1 is 0.867 bits per heavy atom. The van der Waals surface area contributed by atoms with E-state index in [-0.39, 0.29) is 30.3 Å². The van der Waals surface area contributed by atoms with Gasteiger partial charge in [0.25, 0.3) is 5.91 Å². The Morgan fingerprint density at radius 2 is 1.38 bits per heavy atom. The first-order valence-corrected chi connectivity index (χ1v) is 18.1. The number of carbonyl (C=O) groups excluding carboxylic acids is 5. The lowest BCUT2D eigenvalue weighted by Crippen LogP contribution is -2.59. The lowest BCUT2D eigenvalue weighted by Gasteiger charge is -2.36. The largest absolute Gasteiger partial charge is 0.465 e. The van der Waals surface area contributed by atoms with Crippen molar-refractivity contribution in [1.82, 2.24) is 10.2 Å². The fourth-order valence-corrected chi connectivity index (χ4v) is 6.59. The van der Waals surface area contributed by atoms with Crippen LogP contribution >= 0.6 is 0 Å². The molecule has 8 nitrogen and oxygen atoms in total. The standard InChI is InChI=1S/C37H64N2O6/c1-8-9-10-11-12-13-14-15-16-17-18-19-20-21-24-45-34(43)28-23-22-27(2)29(25-28)38-33(42)31(32(41)36(3,4)5)39-30(40)26-37(6,7)35(39)44/h27-29,31H,8-26H2,1-7H3,(H,38,42). The molecule has 0 aromatic rings. The normalized spacial score (nSPS) is 22.4. The van der Waals surface area contributed by atoms with Crippen LogP contribution in [0.15, 0.2) is 0 Å². The quantitative estimate of drug-likeness (QED) is 0.0637. The predicted octanol–water partition coefficient (Wildman–Crippen LogP) is 7.70. The fourth-order valence-electron chi connectivity index (χ4n) is 6.59. The third-order valence-corrected chi connectivity index (χ3v) is 9.75. The number of likely N-dealkylation sites (tertiary alicyclic amines) is 1. The molecule has 4 atom stereocenters. The second-order valence-electron chi connectivity index (χ2n) is 15.5. The molecule has 1 saturated heterocycles. The van der Waals surface area contributed by atoms with E-state index in [0.717, 1.165) is 30.6 Å². The van der Waals surface area contributed by atoms with Crippen molar-refractivity contribution in [1.29, 1.82) is 0 Å². The van der Waals surface area contributed by atoms with Crippen molar-refractivity contribution < 1.29 is 28.7 Å². The summed E-state index contributed by atoms with van der Waals surface area (Å²) in [6.45, 7) is 13.0. The molecular weight excluding hydrogens is 568 g/mol. The average molecular weight is 633 g/mol. The van der Waals surface area contributed by atoms with Crippen LogP contribution in [-0.2, 0) is 28.7 Å². The number of unbranched alkanes of at least 4 members (excludes halogenated alkanes) is 13. The lowest BCUT2D eigenvalue weighted by atomic mass is 9.78. The number of imide groups is 1. The van der Waals surface area contributed by atoms with Gasteiger partial charge in [-0.05, 0) is 31.6 Å². The Balaban J connectivity index is 1.76. The zero-order valence-corrected chi connectivity index (χ0v) is 29.6. The van der Waals surface area contributed by atoms with Crippen molar-refractivity contribution >= 4 is 29.5 Å². The summed E-state index contributed by atoms with van der Waals surface area (Å²) in [5.41, 5.74) is -1.90. The molecule has 2 aliphatic rings. The van der Waals surface area contributed by atoms with Crippen molar-refractivity contribution in [2.24, 2.45) is 22.7 Å². The summed E-state index contributed by atoms with van der Waals surface area (Å²) in [4.78, 5) is 66.8. The van der Waals surface area contributed by atoms with Gasteiger partial charge >= 0.3 is 5.97 Å². The summed E-state index contributed by atoms with van der Waals surface area (Å²) in [5.74, 6) is -2.63. The summed E-state index contributed by atoms with van der Waals surface area (Å²) in [7, 11) is 0. The molecule has 2 fully saturated rings. The number of hydrogen-bond donors (Lipinski definition) is 1. The smallest absolute Gasteiger partial charge is 0.309 e. The van der Waals surface area contributed by atoms with E-state index < -0.39 is 40.4 Å². The molecule has 45 heavy (non-hydrogen) atoms. The molecule has 0 aromatic heterocycles. The van der Waals surface area contributed by atoms with Gasteiger partial charge in [0, 0.05) is 17.9 Å². The van der Waals surface area contributed by atoms with Crippen LogP contribution in [0.1, 0.15) is 164 Å². The molecule has 2 rings (SSSR count). The van der Waals surface area contributed by atoms with Gasteiger partial charge in [-0.3, -0.25) is 28.9 Å². The maximum atomic E-state index is 13.6. The van der Waals surface area contributed by atoms with Crippen LogP contribution in [0.5, 0.6) is 0 Å². The van der Waals surface area contributed by atoms with Crippen LogP contribution in [0.25, 0.3) is 0 Å². The molecule has 1 saturated carbocycles. The van der Waals surface area contributed by atoms with Crippen molar-refractivity contribution in [3.63, 3.8) is 0 Å². The van der Waals surface area contributed by atoms with E-state index in [1.807, 2.05) is 6.92 Å². The van der Waals surface area contributed by atoms with Gasteiger partial charge in [0.15, 0.2) is 11.8 Å². The van der Waals surface area contributed by atoms with Gasteiger partial charge < -0.3 is 10.1 Å². The molecule has 0 radical (unpaired) electrons. The highest BCUT2D eigenvalue weighted by Crippen LogP contribution is 2.35. The molecule has 1 aliphatic heterocycles. The molecule has 3 amide bonds. The highest BCUT2D eigenvalue weighted by Gasteiger charge is 2.53. The SMILES string of the molecule is CCCCCCCCCCCCCCCCOC(=O)C1CCC(C)C(NC(=O)C(C(=O)C(C)(C)C)N2C(=O)CC(C)(C)C2=O)C1. The average Bonchev–Trinajstić information content (AvgIpc) is 3.17. The van der Waals surface area contributed by atoms with Gasteiger partial charge in [0.1, 0.15) is 0 Å². The number of amides is 3. The number of ketones is 1. The van der Waals surface area contributed by atoms with Crippen LogP contribution in [0, 0.1) is 22.7 Å². The van der Waals surface area contributed by atoms with Crippen molar-refractivity contribution in [3.05, 3.63) is 0 Å². The van der Waals surface area contributed by atoms with Crippen molar-refractivity contribution in [2.45, 2.75) is 176 Å². The molecule has 258 valence electrons. The Hall–Kier alpha value is -2.25. The lowest BCUT2D eigenvalue weighted by molar-refractivity contribution is -0.155. The molecule has 8 heteroatoms. The molecule has 1 N–H and O–H groups in total. The third-order valence-electron chi connectivity index (χ3n) is 9.75. The minimum atomic E-state index is -1.52. The molecule has 0 bridgehead atoms. The molecular formula is C37H64N2O6. The summed E-state index contributed by atoms with van der Waals surface area (Å²) < 4.78 is 5.64. The van der Waals surface area contributed by atoms with Gasteiger partial charge in [-0.25, -0.2) is 0 Å². The third kappa shape index (κ3) is 12.5. The van der Waals surface area contributed by atoms with E-state index in [9.17, 15) is 24.0 Å². The molecule has 4 unspecified atom stereocenters. The monoisotopic (exact) mass is 632 g/mol. The maximum absolute atomic E-state index is 13.6. The van der Waals surface area contributed by atoms with Gasteiger partial charge in [-0.1, -0.05) is 132 Å². The van der Waals surface area contributed by atoms with E-state index in [0.29, 0.717) is 19.4 Å². The Labute approximate surface area is 273 Å². The minimum absolute atomic E-state index is 0.0416. The van der Waals surface area contributed by atoms with Gasteiger partial charge in [0.05, 0.1) is 17.9 Å². The maximum Gasteiger partial charge on any atom is 0.309 e. The Kier molecular flexibility index (Phi) is 16.3. The van der Waals surface area contributed by atoms with E-state index in [1.165, 1.54) is 70.6 Å². The fraction of sp³-hybridized carbons (Fsp3) is 0.865. The highest BCUT2D eigenvalue weighted by molar-refractivity contribution is 6.17. The van der Waals surface area contributed by atoms with E-state index in [2.05, 4.69) is 12.2 Å². The van der Waals surface area contributed by atoms with Crippen molar-refractivity contribution in [3.8, 4) is 0 Å². The number of nitrogens with zero attached hydrogens (tertiary/aromatic N) is 1. The summed E-state index contributed by atoms with van der Waals surface area (Å²) >= 11 is 0. The predicted molar refractivity (Wildman–Crippen MR) is 178 cm³/mol. The molecule has 0 spiro atoms. The zero-order chi connectivity index (χ0) is 33.6. The van der Waals surface area contributed by atoms with Gasteiger partial charge in [0.2, 0.25) is 11.8 Å². The topological polar surface area (TPSA) is 110 Å². The minimum Gasteiger partial charge on any atom is -0.465 e. The first-order valence-electron chi connectivity index (χ1n) is 18.1. The number of rotatable bonds is 20. The second kappa shape index (κ2) is 18.8. The Bertz CT molecular complexity index is 984. The molecule has 0 aromatic carbocycles. The van der Waals surface area contributed by atoms with E-state index in [4.69, 9.17) is 4.74 Å². The van der Waals surface area contributed by atoms with Crippen LogP contribution < -0.4 is 5.32 Å². The van der Waals surface area contributed by atoms with E-state index in [1.54, 1.807) is 34.6 Å². The number of nitrogens with one attached hydrogen (secondary N) is 1. The first-order chi connectivity index (χ1) is 21.2. The Morgan fingerprint density at radius 3 is 1.84 bits per heavy atom. The summed E-state index contributed by atoms with van der Waals surface area (Å²) in [6.07, 6.45) is 19.6. The number of carbonyl (C=O) groups is 5. The van der Waals surface area contributed by atoms with Gasteiger partial charge in [-0.2, -0.15) is 0 Å². The number of hydrogen-bond acceptors (Lipinski definition) is 6. The summed E-state index contributed by atoms with van der Waals surface area (Å²) in [6, 6.07) is -1.88. The van der Waals surface area contributed by atoms with Crippen LogP contribution in [0.3, 0.4) is 0 Å². The van der Waals surface area contributed by atoms with Crippen molar-refractivity contribution in [2.75, 3.05) is 6.61 Å².